The predicted octanol–water partition coefficient (Wildman–Crippen LogP) is 3.11. The number of benzene rings is 2. The van der Waals surface area contributed by atoms with Crippen LogP contribution in [0.15, 0.2) is 30.3 Å². The molecule has 3 amide bonds. The summed E-state index contributed by atoms with van der Waals surface area (Å²) in [6.45, 7) is 3.22. The zero-order valence-corrected chi connectivity index (χ0v) is 17.3. The molecule has 2 heterocycles. The summed E-state index contributed by atoms with van der Waals surface area (Å²) < 4.78 is 11.2. The van der Waals surface area contributed by atoms with Gasteiger partial charge >= 0.3 is 0 Å². The second kappa shape index (κ2) is 8.36. The van der Waals surface area contributed by atoms with Crippen LogP contribution in [0.3, 0.4) is 0 Å². The lowest BCUT2D eigenvalue weighted by molar-refractivity contribution is -0.121. The molecule has 0 unspecified atom stereocenters. The van der Waals surface area contributed by atoms with E-state index in [9.17, 15) is 14.4 Å². The molecular weight excluding hydrogens is 408 g/mol. The Morgan fingerprint density at radius 2 is 1.87 bits per heavy atom. The van der Waals surface area contributed by atoms with Crippen molar-refractivity contribution in [1.29, 1.82) is 0 Å². The van der Waals surface area contributed by atoms with Crippen molar-refractivity contribution in [2.75, 3.05) is 19.8 Å². The highest BCUT2D eigenvalue weighted by atomic mass is 35.5. The number of rotatable bonds is 5. The average Bonchev–Trinajstić information content (AvgIpc) is 2.88. The fourth-order valence-electron chi connectivity index (χ4n) is 3.50. The Bertz CT molecular complexity index is 1040. The monoisotopic (exact) mass is 428 g/mol. The molecule has 156 valence electrons. The van der Waals surface area contributed by atoms with Gasteiger partial charge < -0.3 is 14.8 Å². The van der Waals surface area contributed by atoms with Crippen molar-refractivity contribution in [3.63, 3.8) is 0 Å². The third-order valence-electron chi connectivity index (χ3n) is 5.04. The lowest BCUT2D eigenvalue weighted by Crippen LogP contribution is -2.34. The highest BCUT2D eigenvalue weighted by Crippen LogP contribution is 2.38. The maximum Gasteiger partial charge on any atom is 0.261 e. The first-order valence-electron chi connectivity index (χ1n) is 9.75. The van der Waals surface area contributed by atoms with Crippen LogP contribution in [-0.4, -0.2) is 42.4 Å². The number of nitrogens with zero attached hydrogens (tertiary/aromatic N) is 1. The number of carbonyl (C=O) groups excluding carboxylic acids is 3. The minimum absolute atomic E-state index is 0.0166. The zero-order valence-electron chi connectivity index (χ0n) is 16.5. The molecular formula is C22H21ClN2O5. The first-order valence-corrected chi connectivity index (χ1v) is 10.1. The molecule has 4 rings (SSSR count). The summed E-state index contributed by atoms with van der Waals surface area (Å²) >= 11 is 6.27. The number of ether oxygens (including phenoxy) is 2. The van der Waals surface area contributed by atoms with Crippen LogP contribution in [0, 0.1) is 6.92 Å². The van der Waals surface area contributed by atoms with Gasteiger partial charge in [-0.1, -0.05) is 23.2 Å². The van der Waals surface area contributed by atoms with Gasteiger partial charge in [-0.25, -0.2) is 0 Å². The van der Waals surface area contributed by atoms with Crippen LogP contribution in [0.1, 0.15) is 44.7 Å². The van der Waals surface area contributed by atoms with Gasteiger partial charge in [-0.15, -0.1) is 0 Å². The van der Waals surface area contributed by atoms with Gasteiger partial charge in [0.1, 0.15) is 0 Å². The minimum Gasteiger partial charge on any atom is -0.489 e. The maximum atomic E-state index is 12.5. The molecule has 8 heteroatoms. The fraction of sp³-hybridized carbons (Fsp3) is 0.318. The smallest absolute Gasteiger partial charge is 0.261 e. The molecule has 2 aliphatic heterocycles. The summed E-state index contributed by atoms with van der Waals surface area (Å²) in [7, 11) is 0. The van der Waals surface area contributed by atoms with Crippen LogP contribution in [-0.2, 0) is 11.3 Å². The van der Waals surface area contributed by atoms with Crippen LogP contribution in [0.2, 0.25) is 5.02 Å². The molecule has 0 saturated carbocycles. The van der Waals surface area contributed by atoms with Gasteiger partial charge in [0.15, 0.2) is 11.5 Å². The highest BCUT2D eigenvalue weighted by Gasteiger charge is 2.35. The molecule has 0 spiro atoms. The average molecular weight is 429 g/mol. The van der Waals surface area contributed by atoms with E-state index in [1.165, 1.54) is 0 Å². The van der Waals surface area contributed by atoms with Crippen molar-refractivity contribution in [1.82, 2.24) is 10.2 Å². The quantitative estimate of drug-likeness (QED) is 0.739. The van der Waals surface area contributed by atoms with E-state index < -0.39 is 0 Å². The number of aryl methyl sites for hydroxylation is 1. The number of nitrogens with one attached hydrogen (secondary N) is 1. The van der Waals surface area contributed by atoms with Gasteiger partial charge in [0.05, 0.1) is 29.4 Å². The van der Waals surface area contributed by atoms with Crippen LogP contribution in [0.25, 0.3) is 0 Å². The largest absolute Gasteiger partial charge is 0.489 e. The first-order chi connectivity index (χ1) is 14.4. The number of hydrogen-bond acceptors (Lipinski definition) is 5. The fourth-order valence-corrected chi connectivity index (χ4v) is 3.78. The molecule has 0 bridgehead atoms. The topological polar surface area (TPSA) is 84.9 Å². The van der Waals surface area contributed by atoms with Crippen molar-refractivity contribution in [2.24, 2.45) is 0 Å². The second-order valence-corrected chi connectivity index (χ2v) is 7.70. The van der Waals surface area contributed by atoms with Crippen molar-refractivity contribution in [3.8, 4) is 11.5 Å². The molecule has 0 atom stereocenters. The molecule has 0 aromatic heterocycles. The molecule has 0 saturated heterocycles. The van der Waals surface area contributed by atoms with Crippen molar-refractivity contribution in [2.45, 2.75) is 26.3 Å². The Labute approximate surface area is 178 Å². The van der Waals surface area contributed by atoms with Gasteiger partial charge in [0.2, 0.25) is 5.91 Å². The van der Waals surface area contributed by atoms with Crippen LogP contribution in [0.4, 0.5) is 0 Å². The standard InChI is InChI=1S/C22H21ClN2O5/c1-13-3-4-15-16(9-13)22(28)25(21(15)27)6-5-19(26)24-12-14-10-17(23)20-18(11-14)29-7-2-8-30-20/h3-4,9-11H,2,5-8,12H2,1H3,(H,24,26). The number of fused-ring (bicyclic) bond motifs is 2. The third kappa shape index (κ3) is 3.98. The number of imide groups is 1. The summed E-state index contributed by atoms with van der Waals surface area (Å²) in [5.74, 6) is 0.0836. The van der Waals surface area contributed by atoms with Crippen molar-refractivity contribution < 1.29 is 23.9 Å². The zero-order chi connectivity index (χ0) is 21.3. The van der Waals surface area contributed by atoms with Crippen LogP contribution in [0.5, 0.6) is 11.5 Å². The molecule has 7 nitrogen and oxygen atoms in total. The third-order valence-corrected chi connectivity index (χ3v) is 5.32. The number of amides is 3. The van der Waals surface area contributed by atoms with E-state index in [2.05, 4.69) is 5.32 Å². The first kappa shape index (κ1) is 20.2. The molecule has 2 aromatic carbocycles. The van der Waals surface area contributed by atoms with E-state index in [1.807, 2.05) is 6.92 Å². The molecule has 2 aromatic rings. The predicted molar refractivity (Wildman–Crippen MR) is 110 cm³/mol. The Hall–Kier alpha value is -3.06. The lowest BCUT2D eigenvalue weighted by Gasteiger charge is -2.14. The molecule has 0 fully saturated rings. The molecule has 1 N–H and O–H groups in total. The summed E-state index contributed by atoms with van der Waals surface area (Å²) in [6.07, 6.45) is 0.789. The molecule has 0 radical (unpaired) electrons. The van der Waals surface area contributed by atoms with E-state index in [1.54, 1.807) is 30.3 Å². The Morgan fingerprint density at radius 3 is 2.70 bits per heavy atom. The van der Waals surface area contributed by atoms with E-state index in [0.29, 0.717) is 40.9 Å². The highest BCUT2D eigenvalue weighted by molar-refractivity contribution is 6.32. The lowest BCUT2D eigenvalue weighted by atomic mass is 10.1. The maximum absolute atomic E-state index is 12.5. The van der Waals surface area contributed by atoms with Gasteiger partial charge in [-0.05, 0) is 36.8 Å². The summed E-state index contributed by atoms with van der Waals surface area (Å²) in [4.78, 5) is 38.3. The van der Waals surface area contributed by atoms with Gasteiger partial charge in [-0.2, -0.15) is 0 Å². The van der Waals surface area contributed by atoms with Crippen LogP contribution < -0.4 is 14.8 Å². The molecule has 2 aliphatic rings. The minimum atomic E-state index is -0.363. The Kier molecular flexibility index (Phi) is 5.63. The molecule has 30 heavy (non-hydrogen) atoms. The summed E-state index contributed by atoms with van der Waals surface area (Å²) in [5, 5.41) is 3.22. The summed E-state index contributed by atoms with van der Waals surface area (Å²) in [6, 6.07) is 8.66. The number of carbonyl (C=O) groups is 3. The van der Waals surface area contributed by atoms with Gasteiger partial charge in [0, 0.05) is 25.9 Å². The van der Waals surface area contributed by atoms with Gasteiger partial charge in [0.25, 0.3) is 11.8 Å². The Morgan fingerprint density at radius 1 is 1.10 bits per heavy atom. The van der Waals surface area contributed by atoms with Gasteiger partial charge in [-0.3, -0.25) is 19.3 Å². The van der Waals surface area contributed by atoms with Crippen LogP contribution >= 0.6 is 11.6 Å². The van der Waals surface area contributed by atoms with Crippen molar-refractivity contribution in [3.05, 3.63) is 57.6 Å². The molecule has 0 aliphatic carbocycles. The normalized spacial score (nSPS) is 15.1. The second-order valence-electron chi connectivity index (χ2n) is 7.29. The summed E-state index contributed by atoms with van der Waals surface area (Å²) in [5.41, 5.74) is 2.45. The van der Waals surface area contributed by atoms with E-state index >= 15 is 0 Å². The van der Waals surface area contributed by atoms with E-state index in [0.717, 1.165) is 22.4 Å². The Balaban J connectivity index is 1.34. The van der Waals surface area contributed by atoms with E-state index in [4.69, 9.17) is 21.1 Å². The number of hydrogen-bond donors (Lipinski definition) is 1. The van der Waals surface area contributed by atoms with E-state index in [-0.39, 0.29) is 37.2 Å². The van der Waals surface area contributed by atoms with Crippen molar-refractivity contribution >= 4 is 29.3 Å². The number of halogens is 1. The SMILES string of the molecule is Cc1ccc2c(c1)C(=O)N(CCC(=O)NCc1cc(Cl)c3c(c1)OCCCO3)C2=O.